The standard InChI is InChI=1S/C13H13N5/c1-17-8-7-15-13(17)11-9-12(14)18(16-11)10-5-3-2-4-6-10/h2-9H,14H2,1H3. The third-order valence-corrected chi connectivity index (χ3v) is 2.79. The zero-order chi connectivity index (χ0) is 12.5. The highest BCUT2D eigenvalue weighted by Gasteiger charge is 2.11. The van der Waals surface area contributed by atoms with Crippen LogP contribution in [-0.2, 0) is 7.05 Å². The first kappa shape index (κ1) is 10.6. The monoisotopic (exact) mass is 239 g/mol. The van der Waals surface area contributed by atoms with Crippen LogP contribution in [0.3, 0.4) is 0 Å². The van der Waals surface area contributed by atoms with Gasteiger partial charge in [-0.2, -0.15) is 5.10 Å². The number of hydrogen-bond donors (Lipinski definition) is 1. The van der Waals surface area contributed by atoms with Crippen molar-refractivity contribution in [1.29, 1.82) is 0 Å². The van der Waals surface area contributed by atoms with E-state index in [0.717, 1.165) is 17.2 Å². The van der Waals surface area contributed by atoms with Gasteiger partial charge in [-0.25, -0.2) is 9.67 Å². The molecule has 0 fully saturated rings. The lowest BCUT2D eigenvalue weighted by molar-refractivity contribution is 0.869. The second-order valence-electron chi connectivity index (χ2n) is 4.06. The quantitative estimate of drug-likeness (QED) is 0.742. The van der Waals surface area contributed by atoms with Gasteiger partial charge in [-0.15, -0.1) is 0 Å². The lowest BCUT2D eigenvalue weighted by atomic mass is 10.3. The Labute approximate surface area is 104 Å². The van der Waals surface area contributed by atoms with Crippen LogP contribution in [0.25, 0.3) is 17.2 Å². The van der Waals surface area contributed by atoms with Crippen molar-refractivity contribution < 1.29 is 0 Å². The molecule has 3 aromatic rings. The van der Waals surface area contributed by atoms with Crippen LogP contribution in [0.4, 0.5) is 5.82 Å². The number of aromatic nitrogens is 4. The van der Waals surface area contributed by atoms with E-state index in [4.69, 9.17) is 5.73 Å². The van der Waals surface area contributed by atoms with E-state index < -0.39 is 0 Å². The summed E-state index contributed by atoms with van der Waals surface area (Å²) < 4.78 is 3.63. The SMILES string of the molecule is Cn1ccnc1-c1cc(N)n(-c2ccccc2)n1. The number of benzene rings is 1. The minimum atomic E-state index is 0.596. The van der Waals surface area contributed by atoms with Crippen LogP contribution in [0, 0.1) is 0 Å². The van der Waals surface area contributed by atoms with Crippen molar-refractivity contribution in [2.75, 3.05) is 5.73 Å². The first-order valence-corrected chi connectivity index (χ1v) is 5.64. The van der Waals surface area contributed by atoms with E-state index in [1.807, 2.05) is 54.2 Å². The summed E-state index contributed by atoms with van der Waals surface area (Å²) in [6.07, 6.45) is 3.63. The Morgan fingerprint density at radius 3 is 2.61 bits per heavy atom. The normalized spacial score (nSPS) is 10.7. The lowest BCUT2D eigenvalue weighted by Gasteiger charge is -2.02. The average Bonchev–Trinajstić information content (AvgIpc) is 2.96. The molecule has 18 heavy (non-hydrogen) atoms. The van der Waals surface area contributed by atoms with Crippen LogP contribution in [0.1, 0.15) is 0 Å². The highest BCUT2D eigenvalue weighted by molar-refractivity contribution is 5.57. The molecule has 0 bridgehead atoms. The molecular formula is C13H13N5. The van der Waals surface area contributed by atoms with E-state index in [1.54, 1.807) is 10.9 Å². The van der Waals surface area contributed by atoms with Gasteiger partial charge in [0.25, 0.3) is 0 Å². The molecule has 0 saturated carbocycles. The van der Waals surface area contributed by atoms with Crippen molar-refractivity contribution in [2.24, 2.45) is 7.05 Å². The van der Waals surface area contributed by atoms with Gasteiger partial charge in [-0.05, 0) is 12.1 Å². The molecule has 0 atom stereocenters. The highest BCUT2D eigenvalue weighted by atomic mass is 15.3. The van der Waals surface area contributed by atoms with Crippen molar-refractivity contribution >= 4 is 5.82 Å². The Hall–Kier alpha value is -2.56. The van der Waals surface area contributed by atoms with Crippen LogP contribution in [-0.4, -0.2) is 19.3 Å². The summed E-state index contributed by atoms with van der Waals surface area (Å²) in [7, 11) is 1.93. The van der Waals surface area contributed by atoms with Crippen LogP contribution in [0.5, 0.6) is 0 Å². The Kier molecular flexibility index (Phi) is 2.37. The van der Waals surface area contributed by atoms with Gasteiger partial charge in [0.2, 0.25) is 0 Å². The van der Waals surface area contributed by atoms with Crippen molar-refractivity contribution in [3.8, 4) is 17.2 Å². The largest absolute Gasteiger partial charge is 0.384 e. The number of aryl methyl sites for hydroxylation is 1. The zero-order valence-corrected chi connectivity index (χ0v) is 9.99. The van der Waals surface area contributed by atoms with Gasteiger partial charge in [0.1, 0.15) is 11.5 Å². The minimum Gasteiger partial charge on any atom is -0.384 e. The fourth-order valence-corrected chi connectivity index (χ4v) is 1.89. The molecule has 0 saturated heterocycles. The first-order chi connectivity index (χ1) is 8.75. The summed E-state index contributed by atoms with van der Waals surface area (Å²) in [5.74, 6) is 1.40. The Morgan fingerprint density at radius 2 is 1.94 bits per heavy atom. The number of rotatable bonds is 2. The molecule has 5 heteroatoms. The molecule has 0 spiro atoms. The molecule has 5 nitrogen and oxygen atoms in total. The average molecular weight is 239 g/mol. The maximum absolute atomic E-state index is 5.99. The van der Waals surface area contributed by atoms with Gasteiger partial charge in [0.05, 0.1) is 5.69 Å². The number of nitrogen functional groups attached to an aromatic ring is 1. The van der Waals surface area contributed by atoms with Crippen molar-refractivity contribution in [3.05, 3.63) is 48.8 Å². The number of hydrogen-bond acceptors (Lipinski definition) is 3. The van der Waals surface area contributed by atoms with Crippen LogP contribution < -0.4 is 5.73 Å². The molecule has 0 aliphatic rings. The number of nitrogens with zero attached hydrogens (tertiary/aromatic N) is 4. The van der Waals surface area contributed by atoms with Crippen molar-refractivity contribution in [3.63, 3.8) is 0 Å². The fraction of sp³-hybridized carbons (Fsp3) is 0.0769. The van der Waals surface area contributed by atoms with Crippen LogP contribution in [0.2, 0.25) is 0 Å². The zero-order valence-electron chi connectivity index (χ0n) is 9.99. The van der Waals surface area contributed by atoms with Gasteiger partial charge in [0.15, 0.2) is 5.82 Å². The highest BCUT2D eigenvalue weighted by Crippen LogP contribution is 2.20. The van der Waals surface area contributed by atoms with E-state index in [1.165, 1.54) is 0 Å². The van der Waals surface area contributed by atoms with Crippen molar-refractivity contribution in [1.82, 2.24) is 19.3 Å². The summed E-state index contributed by atoms with van der Waals surface area (Å²) in [6, 6.07) is 11.6. The fourth-order valence-electron chi connectivity index (χ4n) is 1.89. The van der Waals surface area contributed by atoms with Crippen molar-refractivity contribution in [2.45, 2.75) is 0 Å². The molecule has 2 heterocycles. The maximum atomic E-state index is 5.99. The summed E-state index contributed by atoms with van der Waals surface area (Å²) in [6.45, 7) is 0. The number of nitrogens with two attached hydrogens (primary N) is 1. The van der Waals surface area contributed by atoms with E-state index >= 15 is 0 Å². The molecule has 0 aliphatic carbocycles. The van der Waals surface area contributed by atoms with Gasteiger partial charge in [-0.1, -0.05) is 18.2 Å². The maximum Gasteiger partial charge on any atom is 0.160 e. The number of para-hydroxylation sites is 1. The van der Waals surface area contributed by atoms with Crippen LogP contribution >= 0.6 is 0 Å². The number of imidazole rings is 1. The number of anilines is 1. The molecule has 3 rings (SSSR count). The molecule has 0 aliphatic heterocycles. The van der Waals surface area contributed by atoms with Gasteiger partial charge in [0, 0.05) is 25.5 Å². The summed E-state index contributed by atoms with van der Waals surface area (Å²) >= 11 is 0. The van der Waals surface area contributed by atoms with Crippen LogP contribution in [0.15, 0.2) is 48.8 Å². The van der Waals surface area contributed by atoms with E-state index in [-0.39, 0.29) is 0 Å². The molecule has 1 aromatic carbocycles. The Bertz CT molecular complexity index is 666. The minimum absolute atomic E-state index is 0.596. The predicted octanol–water partition coefficient (Wildman–Crippen LogP) is 1.85. The van der Waals surface area contributed by atoms with Gasteiger partial charge in [-0.3, -0.25) is 0 Å². The summed E-state index contributed by atoms with van der Waals surface area (Å²) in [4.78, 5) is 4.27. The van der Waals surface area contributed by atoms with E-state index in [0.29, 0.717) is 5.82 Å². The molecule has 0 radical (unpaired) electrons. The van der Waals surface area contributed by atoms with E-state index in [9.17, 15) is 0 Å². The molecule has 2 aromatic heterocycles. The molecule has 0 amide bonds. The second kappa shape index (κ2) is 4.03. The second-order valence-corrected chi connectivity index (χ2v) is 4.06. The molecule has 90 valence electrons. The summed E-state index contributed by atoms with van der Waals surface area (Å²) in [5, 5.41) is 4.49. The topological polar surface area (TPSA) is 61.7 Å². The smallest absolute Gasteiger partial charge is 0.160 e. The Balaban J connectivity index is 2.10. The molecule has 2 N–H and O–H groups in total. The molecular weight excluding hydrogens is 226 g/mol. The Morgan fingerprint density at radius 1 is 1.17 bits per heavy atom. The third kappa shape index (κ3) is 1.66. The first-order valence-electron chi connectivity index (χ1n) is 5.64. The predicted molar refractivity (Wildman–Crippen MR) is 70.2 cm³/mol. The van der Waals surface area contributed by atoms with Gasteiger partial charge >= 0.3 is 0 Å². The lowest BCUT2D eigenvalue weighted by Crippen LogP contribution is -2.01. The molecule has 0 unspecified atom stereocenters. The summed E-state index contributed by atoms with van der Waals surface area (Å²) in [5.41, 5.74) is 7.70. The van der Waals surface area contributed by atoms with E-state index in [2.05, 4.69) is 10.1 Å². The third-order valence-electron chi connectivity index (χ3n) is 2.79. The van der Waals surface area contributed by atoms with Gasteiger partial charge < -0.3 is 10.3 Å².